The van der Waals surface area contributed by atoms with E-state index in [4.69, 9.17) is 11.6 Å². The third kappa shape index (κ3) is 1.70. The molecule has 0 radical (unpaired) electrons. The number of hydrogen-bond acceptors (Lipinski definition) is 2. The van der Waals surface area contributed by atoms with E-state index in [1.807, 2.05) is 19.9 Å². The number of rotatable bonds is 2. The van der Waals surface area contributed by atoms with Crippen molar-refractivity contribution in [3.05, 3.63) is 33.9 Å². The average molecular weight is 267 g/mol. The van der Waals surface area contributed by atoms with Crippen molar-refractivity contribution in [1.82, 2.24) is 0 Å². The van der Waals surface area contributed by atoms with Crippen LogP contribution in [0.4, 0.5) is 0 Å². The zero-order valence-corrected chi connectivity index (χ0v) is 12.1. The van der Waals surface area contributed by atoms with Crippen molar-refractivity contribution in [2.75, 3.05) is 5.88 Å². The minimum Gasteiger partial charge on any atom is -0.387 e. The second-order valence-corrected chi connectivity index (χ2v) is 6.03. The molecular formula is C15H19ClO2. The van der Waals surface area contributed by atoms with Crippen LogP contribution in [0.5, 0.6) is 0 Å². The molecule has 1 aromatic carbocycles. The first-order valence-corrected chi connectivity index (χ1v) is 6.77. The molecule has 1 aliphatic carbocycles. The topological polar surface area (TPSA) is 37.3 Å². The molecule has 2 rings (SSSR count). The number of hydrogen-bond donors (Lipinski definition) is 1. The van der Waals surface area contributed by atoms with E-state index in [1.165, 1.54) is 0 Å². The number of aryl methyl sites for hydroxylation is 1. The van der Waals surface area contributed by atoms with Gasteiger partial charge in [0.05, 0.1) is 11.5 Å². The Kier molecular flexibility index (Phi) is 3.28. The van der Waals surface area contributed by atoms with Gasteiger partial charge in [0.15, 0.2) is 5.78 Å². The van der Waals surface area contributed by atoms with Crippen LogP contribution in [0.1, 0.15) is 52.6 Å². The number of carbonyl (C=O) groups is 1. The fourth-order valence-electron chi connectivity index (χ4n) is 2.89. The smallest absolute Gasteiger partial charge is 0.172 e. The average Bonchev–Trinajstić information content (AvgIpc) is 2.46. The monoisotopic (exact) mass is 266 g/mol. The lowest BCUT2D eigenvalue weighted by Crippen LogP contribution is -2.23. The van der Waals surface area contributed by atoms with Gasteiger partial charge in [0.2, 0.25) is 0 Å². The summed E-state index contributed by atoms with van der Waals surface area (Å²) in [6.07, 6.45) is 0.0542. The molecule has 1 aromatic rings. The maximum atomic E-state index is 12.4. The summed E-state index contributed by atoms with van der Waals surface area (Å²) < 4.78 is 0. The Morgan fingerprint density at radius 1 is 1.39 bits per heavy atom. The molecule has 0 amide bonds. The molecule has 1 N–H and O–H groups in total. The van der Waals surface area contributed by atoms with Crippen LogP contribution in [0.15, 0.2) is 6.07 Å². The van der Waals surface area contributed by atoms with E-state index < -0.39 is 11.5 Å². The summed E-state index contributed by atoms with van der Waals surface area (Å²) in [5, 5.41) is 10.3. The molecule has 0 bridgehead atoms. The van der Waals surface area contributed by atoms with E-state index in [0.717, 1.165) is 28.7 Å². The summed E-state index contributed by atoms with van der Waals surface area (Å²) in [6, 6.07) is 1.95. The lowest BCUT2D eigenvalue weighted by molar-refractivity contribution is 0.0491. The highest BCUT2D eigenvalue weighted by Crippen LogP contribution is 2.47. The van der Waals surface area contributed by atoms with Crippen molar-refractivity contribution in [2.24, 2.45) is 5.41 Å². The van der Waals surface area contributed by atoms with Gasteiger partial charge in [0, 0.05) is 11.4 Å². The number of halogens is 1. The lowest BCUT2D eigenvalue weighted by Gasteiger charge is -2.20. The largest absolute Gasteiger partial charge is 0.387 e. The second kappa shape index (κ2) is 4.36. The van der Waals surface area contributed by atoms with Crippen LogP contribution in [0.2, 0.25) is 0 Å². The Morgan fingerprint density at radius 3 is 2.56 bits per heavy atom. The predicted octanol–water partition coefficient (Wildman–Crippen LogP) is 3.34. The Bertz CT molecular complexity index is 518. The van der Waals surface area contributed by atoms with Crippen molar-refractivity contribution in [1.29, 1.82) is 0 Å². The highest BCUT2D eigenvalue weighted by molar-refractivity contribution is 6.18. The molecule has 3 heteroatoms. The van der Waals surface area contributed by atoms with Gasteiger partial charge in [-0.15, -0.1) is 11.6 Å². The van der Waals surface area contributed by atoms with Crippen molar-refractivity contribution in [3.8, 4) is 0 Å². The van der Waals surface area contributed by atoms with Gasteiger partial charge >= 0.3 is 0 Å². The molecule has 0 saturated carbocycles. The van der Waals surface area contributed by atoms with Crippen LogP contribution in [0.25, 0.3) is 0 Å². The quantitative estimate of drug-likeness (QED) is 0.834. The van der Waals surface area contributed by atoms with Gasteiger partial charge in [0.1, 0.15) is 0 Å². The van der Waals surface area contributed by atoms with E-state index in [-0.39, 0.29) is 5.78 Å². The lowest BCUT2D eigenvalue weighted by atomic mass is 9.86. The van der Waals surface area contributed by atoms with Gasteiger partial charge in [-0.2, -0.15) is 0 Å². The van der Waals surface area contributed by atoms with E-state index in [2.05, 4.69) is 0 Å². The number of fused-ring (bicyclic) bond motifs is 1. The summed E-state index contributed by atoms with van der Waals surface area (Å²) in [7, 11) is 0. The zero-order chi connectivity index (χ0) is 13.7. The normalized spacial score (nSPS) is 21.2. The summed E-state index contributed by atoms with van der Waals surface area (Å²) in [5.74, 6) is 0.582. The van der Waals surface area contributed by atoms with Crippen LogP contribution in [-0.4, -0.2) is 16.8 Å². The van der Waals surface area contributed by atoms with E-state index in [0.29, 0.717) is 11.4 Å². The molecule has 1 aliphatic rings. The van der Waals surface area contributed by atoms with E-state index >= 15 is 0 Å². The fourth-order valence-corrected chi connectivity index (χ4v) is 3.08. The van der Waals surface area contributed by atoms with Crippen molar-refractivity contribution in [2.45, 2.75) is 40.2 Å². The fraction of sp³-hybridized carbons (Fsp3) is 0.533. The van der Waals surface area contributed by atoms with Gasteiger partial charge in [0.25, 0.3) is 0 Å². The third-order valence-corrected chi connectivity index (χ3v) is 4.29. The molecule has 0 aliphatic heterocycles. The molecule has 1 atom stereocenters. The first-order valence-electron chi connectivity index (χ1n) is 6.24. The summed E-state index contributed by atoms with van der Waals surface area (Å²) in [4.78, 5) is 12.4. The molecule has 18 heavy (non-hydrogen) atoms. The highest BCUT2D eigenvalue weighted by Gasteiger charge is 2.46. The Morgan fingerprint density at radius 2 is 2.00 bits per heavy atom. The number of ketones is 1. The maximum Gasteiger partial charge on any atom is 0.172 e. The number of aliphatic hydroxyl groups is 1. The molecule has 98 valence electrons. The van der Waals surface area contributed by atoms with Gasteiger partial charge in [-0.3, -0.25) is 4.79 Å². The molecule has 0 fully saturated rings. The summed E-state index contributed by atoms with van der Waals surface area (Å²) >= 11 is 5.82. The van der Waals surface area contributed by atoms with Gasteiger partial charge in [-0.25, -0.2) is 0 Å². The van der Waals surface area contributed by atoms with E-state index in [9.17, 15) is 9.90 Å². The number of alkyl halides is 1. The summed E-state index contributed by atoms with van der Waals surface area (Å²) in [5.41, 5.74) is 3.99. The minimum absolute atomic E-state index is 0.0401. The van der Waals surface area contributed by atoms with E-state index in [1.54, 1.807) is 13.8 Å². The highest BCUT2D eigenvalue weighted by atomic mass is 35.5. The number of carbonyl (C=O) groups excluding carboxylic acids is 1. The van der Waals surface area contributed by atoms with Crippen molar-refractivity contribution in [3.63, 3.8) is 0 Å². The summed E-state index contributed by atoms with van der Waals surface area (Å²) in [6.45, 7) is 7.57. The number of Topliss-reactive ketones (excluding diaryl/α,β-unsaturated/α-hetero) is 1. The Hall–Kier alpha value is -0.860. The van der Waals surface area contributed by atoms with Gasteiger partial charge in [-0.1, -0.05) is 6.07 Å². The Balaban J connectivity index is 2.69. The molecule has 0 heterocycles. The van der Waals surface area contributed by atoms with Crippen molar-refractivity contribution >= 4 is 17.4 Å². The predicted molar refractivity (Wildman–Crippen MR) is 73.4 cm³/mol. The zero-order valence-electron chi connectivity index (χ0n) is 11.3. The first kappa shape index (κ1) is 13.6. The Labute approximate surface area is 113 Å². The molecule has 0 aromatic heterocycles. The number of benzene rings is 1. The van der Waals surface area contributed by atoms with Gasteiger partial charge < -0.3 is 5.11 Å². The van der Waals surface area contributed by atoms with Gasteiger partial charge in [-0.05, 0) is 56.4 Å². The van der Waals surface area contributed by atoms with Crippen molar-refractivity contribution < 1.29 is 9.90 Å². The maximum absolute atomic E-state index is 12.4. The molecular weight excluding hydrogens is 248 g/mol. The SMILES string of the molecule is Cc1cc2c(c(C)c1CCCl)C(=O)C(C)(C)C2O. The standard InChI is InChI=1S/C15H19ClO2/c1-8-7-11-12(9(2)10(8)5-6-16)14(18)15(3,4)13(11)17/h7,13,17H,5-6H2,1-4H3. The second-order valence-electron chi connectivity index (χ2n) is 5.65. The van der Waals surface area contributed by atoms with Crippen LogP contribution in [-0.2, 0) is 6.42 Å². The number of aliphatic hydroxyl groups excluding tert-OH is 1. The third-order valence-electron chi connectivity index (χ3n) is 4.10. The minimum atomic E-state index is -0.723. The molecule has 0 saturated heterocycles. The van der Waals surface area contributed by atoms with Crippen LogP contribution in [0.3, 0.4) is 0 Å². The van der Waals surface area contributed by atoms with Crippen LogP contribution in [0, 0.1) is 19.3 Å². The molecule has 2 nitrogen and oxygen atoms in total. The first-order chi connectivity index (χ1) is 8.32. The molecule has 0 spiro atoms. The van der Waals surface area contributed by atoms with Crippen LogP contribution < -0.4 is 0 Å². The molecule has 1 unspecified atom stereocenters. The van der Waals surface area contributed by atoms with Crippen LogP contribution >= 0.6 is 11.6 Å².